The molecule has 128 valence electrons. The molecule has 8 heteroatoms. The molecule has 2 rings (SSSR count). The van der Waals surface area contributed by atoms with E-state index in [1.165, 1.54) is 18.4 Å². The Bertz CT molecular complexity index is 813. The summed E-state index contributed by atoms with van der Waals surface area (Å²) in [6.07, 6.45) is 3.06. The summed E-state index contributed by atoms with van der Waals surface area (Å²) in [5, 5.41) is 5.21. The van der Waals surface area contributed by atoms with Gasteiger partial charge < -0.3 is 15.1 Å². The van der Waals surface area contributed by atoms with Crippen molar-refractivity contribution in [3.8, 4) is 0 Å². The van der Waals surface area contributed by atoms with Gasteiger partial charge in [-0.05, 0) is 30.7 Å². The number of hydrogen-bond donors (Lipinski definition) is 2. The number of carbonyl (C=O) groups is 2. The van der Waals surface area contributed by atoms with Crippen LogP contribution in [0.2, 0.25) is 0 Å². The Kier molecular flexibility index (Phi) is 5.75. The van der Waals surface area contributed by atoms with Crippen molar-refractivity contribution >= 4 is 27.3 Å². The second-order valence-corrected chi connectivity index (χ2v) is 7.14. The normalized spacial score (nSPS) is 11.0. The average molecular weight is 350 g/mol. The molecule has 0 unspecified atom stereocenters. The van der Waals surface area contributed by atoms with E-state index in [2.05, 4.69) is 10.6 Å². The number of furan rings is 1. The van der Waals surface area contributed by atoms with Crippen LogP contribution in [0, 0.1) is 0 Å². The van der Waals surface area contributed by atoms with Crippen molar-refractivity contribution < 1.29 is 22.4 Å². The highest BCUT2D eigenvalue weighted by Gasteiger charge is 2.14. The van der Waals surface area contributed by atoms with Crippen molar-refractivity contribution in [3.05, 3.63) is 48.4 Å². The highest BCUT2D eigenvalue weighted by atomic mass is 32.2. The first-order valence-corrected chi connectivity index (χ1v) is 9.17. The number of carbonyl (C=O) groups excluding carboxylic acids is 2. The second kappa shape index (κ2) is 7.78. The predicted octanol–water partition coefficient (Wildman–Crippen LogP) is 1.83. The maximum atomic E-state index is 11.9. The average Bonchev–Trinajstić information content (AvgIpc) is 3.05. The molecule has 1 aromatic carbocycles. The fraction of sp³-hybridized carbons (Fsp3) is 0.250. The molecule has 24 heavy (non-hydrogen) atoms. The number of benzene rings is 1. The first kappa shape index (κ1) is 17.7. The second-order valence-electron chi connectivity index (χ2n) is 5.15. The van der Waals surface area contributed by atoms with Crippen LogP contribution in [0.15, 0.2) is 52.0 Å². The zero-order valence-corrected chi connectivity index (χ0v) is 13.9. The third-order valence-corrected chi connectivity index (χ3v) is 4.33. The molecule has 2 N–H and O–H groups in total. The SMILES string of the molecule is CS(=O)(=O)c1ccccc1NC(=O)CCCNC(=O)c1ccco1. The van der Waals surface area contributed by atoms with Crippen LogP contribution in [0.3, 0.4) is 0 Å². The van der Waals surface area contributed by atoms with Crippen LogP contribution in [0.5, 0.6) is 0 Å². The van der Waals surface area contributed by atoms with E-state index in [1.807, 2.05) is 0 Å². The molecule has 1 aromatic heterocycles. The molecule has 0 atom stereocenters. The van der Waals surface area contributed by atoms with Gasteiger partial charge in [0.05, 0.1) is 16.8 Å². The lowest BCUT2D eigenvalue weighted by atomic mass is 10.2. The van der Waals surface area contributed by atoms with Crippen LogP contribution < -0.4 is 10.6 Å². The Hall–Kier alpha value is -2.61. The Morgan fingerprint density at radius 1 is 1.12 bits per heavy atom. The van der Waals surface area contributed by atoms with Gasteiger partial charge in [-0.15, -0.1) is 0 Å². The number of rotatable bonds is 7. The van der Waals surface area contributed by atoms with Crippen molar-refractivity contribution in [2.45, 2.75) is 17.7 Å². The molecule has 0 fully saturated rings. The molecule has 0 saturated carbocycles. The van der Waals surface area contributed by atoms with Crippen molar-refractivity contribution in [2.24, 2.45) is 0 Å². The van der Waals surface area contributed by atoms with Gasteiger partial charge >= 0.3 is 0 Å². The summed E-state index contributed by atoms with van der Waals surface area (Å²) in [6, 6.07) is 9.37. The van der Waals surface area contributed by atoms with Gasteiger partial charge in [-0.25, -0.2) is 8.42 Å². The quantitative estimate of drug-likeness (QED) is 0.741. The van der Waals surface area contributed by atoms with E-state index in [9.17, 15) is 18.0 Å². The summed E-state index contributed by atoms with van der Waals surface area (Å²) in [5.41, 5.74) is 0.254. The standard InChI is InChI=1S/C16H18N2O5S/c1-24(21,22)14-8-3-2-6-12(14)18-15(19)9-4-10-17-16(20)13-7-5-11-23-13/h2-3,5-8,11H,4,9-10H2,1H3,(H,17,20)(H,18,19). The molecule has 0 saturated heterocycles. The summed E-state index contributed by atoms with van der Waals surface area (Å²) in [5.74, 6) is -0.456. The van der Waals surface area contributed by atoms with E-state index in [1.54, 1.807) is 24.3 Å². The third kappa shape index (κ3) is 4.95. The van der Waals surface area contributed by atoms with Crippen LogP contribution in [-0.4, -0.2) is 33.0 Å². The van der Waals surface area contributed by atoms with Gasteiger partial charge in [-0.2, -0.15) is 0 Å². The van der Waals surface area contributed by atoms with Crippen LogP contribution >= 0.6 is 0 Å². The topological polar surface area (TPSA) is 105 Å². The third-order valence-electron chi connectivity index (χ3n) is 3.17. The number of amides is 2. The number of sulfone groups is 1. The highest BCUT2D eigenvalue weighted by molar-refractivity contribution is 7.90. The Morgan fingerprint density at radius 2 is 1.88 bits per heavy atom. The van der Waals surface area contributed by atoms with E-state index < -0.39 is 9.84 Å². The zero-order chi connectivity index (χ0) is 17.6. The van der Waals surface area contributed by atoms with Gasteiger partial charge in [0.1, 0.15) is 0 Å². The molecular weight excluding hydrogens is 332 g/mol. The largest absolute Gasteiger partial charge is 0.459 e. The first-order valence-electron chi connectivity index (χ1n) is 7.28. The molecule has 0 radical (unpaired) electrons. The predicted molar refractivity (Wildman–Crippen MR) is 88.5 cm³/mol. The van der Waals surface area contributed by atoms with Gasteiger partial charge in [-0.3, -0.25) is 9.59 Å². The van der Waals surface area contributed by atoms with Gasteiger partial charge in [0, 0.05) is 19.2 Å². The van der Waals surface area contributed by atoms with Gasteiger partial charge in [0.15, 0.2) is 15.6 Å². The van der Waals surface area contributed by atoms with Gasteiger partial charge in [0.2, 0.25) is 5.91 Å². The Morgan fingerprint density at radius 3 is 2.54 bits per heavy atom. The molecule has 7 nitrogen and oxygen atoms in total. The summed E-state index contributed by atoms with van der Waals surface area (Å²) >= 11 is 0. The summed E-state index contributed by atoms with van der Waals surface area (Å²) < 4.78 is 28.3. The molecular formula is C16H18N2O5S. The van der Waals surface area contributed by atoms with Crippen molar-refractivity contribution in [1.82, 2.24) is 5.32 Å². The molecule has 0 aliphatic carbocycles. The molecule has 2 amide bonds. The smallest absolute Gasteiger partial charge is 0.286 e. The minimum atomic E-state index is -3.42. The molecule has 0 aliphatic rings. The van der Waals surface area contributed by atoms with Gasteiger partial charge in [0.25, 0.3) is 5.91 Å². The number of nitrogens with one attached hydrogen (secondary N) is 2. The minimum absolute atomic E-state index is 0.0736. The highest BCUT2D eigenvalue weighted by Crippen LogP contribution is 2.20. The summed E-state index contributed by atoms with van der Waals surface area (Å²) in [4.78, 5) is 23.6. The van der Waals surface area contributed by atoms with Crippen LogP contribution in [0.4, 0.5) is 5.69 Å². The maximum absolute atomic E-state index is 11.9. The number of anilines is 1. The summed E-state index contributed by atoms with van der Waals surface area (Å²) in [6.45, 7) is 0.306. The fourth-order valence-electron chi connectivity index (χ4n) is 2.05. The number of hydrogen-bond acceptors (Lipinski definition) is 5. The molecule has 2 aromatic rings. The Labute approximate surface area is 140 Å². The summed E-state index contributed by atoms with van der Waals surface area (Å²) in [7, 11) is -3.42. The lowest BCUT2D eigenvalue weighted by Crippen LogP contribution is -2.25. The van der Waals surface area contributed by atoms with E-state index in [-0.39, 0.29) is 34.6 Å². The van der Waals surface area contributed by atoms with Crippen LogP contribution in [-0.2, 0) is 14.6 Å². The lowest BCUT2D eigenvalue weighted by molar-refractivity contribution is -0.116. The first-order chi connectivity index (χ1) is 11.4. The Balaban J connectivity index is 1.81. The molecule has 0 bridgehead atoms. The monoisotopic (exact) mass is 350 g/mol. The fourth-order valence-corrected chi connectivity index (χ4v) is 2.90. The zero-order valence-electron chi connectivity index (χ0n) is 13.1. The van der Waals surface area contributed by atoms with E-state index in [4.69, 9.17) is 4.42 Å². The van der Waals surface area contributed by atoms with Crippen LogP contribution in [0.25, 0.3) is 0 Å². The molecule has 1 heterocycles. The minimum Gasteiger partial charge on any atom is -0.459 e. The van der Waals surface area contributed by atoms with Gasteiger partial charge in [-0.1, -0.05) is 12.1 Å². The number of para-hydroxylation sites is 1. The maximum Gasteiger partial charge on any atom is 0.286 e. The molecule has 0 aliphatic heterocycles. The van der Waals surface area contributed by atoms with Crippen LogP contribution in [0.1, 0.15) is 23.4 Å². The van der Waals surface area contributed by atoms with E-state index >= 15 is 0 Å². The van der Waals surface area contributed by atoms with E-state index in [0.29, 0.717) is 13.0 Å². The van der Waals surface area contributed by atoms with Crippen molar-refractivity contribution in [1.29, 1.82) is 0 Å². The van der Waals surface area contributed by atoms with Crippen molar-refractivity contribution in [2.75, 3.05) is 18.1 Å². The lowest BCUT2D eigenvalue weighted by Gasteiger charge is -2.09. The molecule has 0 spiro atoms. The van der Waals surface area contributed by atoms with E-state index in [0.717, 1.165) is 6.26 Å². The van der Waals surface area contributed by atoms with Crippen molar-refractivity contribution in [3.63, 3.8) is 0 Å².